The molecule has 6 nitrogen and oxygen atoms in total. The van der Waals surface area contributed by atoms with Crippen molar-refractivity contribution in [3.05, 3.63) is 63.0 Å². The third-order valence-electron chi connectivity index (χ3n) is 3.87. The molecule has 3 rings (SSSR count). The van der Waals surface area contributed by atoms with Crippen LogP contribution in [0.5, 0.6) is 11.5 Å². The first-order chi connectivity index (χ1) is 13.4. The summed E-state index contributed by atoms with van der Waals surface area (Å²) in [5, 5.41) is -0.317. The van der Waals surface area contributed by atoms with Gasteiger partial charge in [0.25, 0.3) is 11.1 Å². The zero-order valence-corrected chi connectivity index (χ0v) is 17.5. The number of amides is 2. The van der Waals surface area contributed by atoms with Gasteiger partial charge in [-0.15, -0.1) is 0 Å². The lowest BCUT2D eigenvalue weighted by molar-refractivity contribution is -0.132. The first-order valence-corrected chi connectivity index (χ1v) is 9.84. The van der Waals surface area contributed by atoms with Gasteiger partial charge in [0, 0.05) is 11.4 Å². The SMILES string of the molecule is COc1cc(/C=C2\SC(=O)N(Cc3ccc(Br)cc3)C2=O)ccc1OC(C)=O. The molecule has 0 atom stereocenters. The van der Waals surface area contributed by atoms with Gasteiger partial charge in [-0.3, -0.25) is 19.3 Å². The van der Waals surface area contributed by atoms with Crippen LogP contribution in [0, 0.1) is 0 Å². The number of hydrogen-bond donors (Lipinski definition) is 0. The molecule has 1 saturated heterocycles. The van der Waals surface area contributed by atoms with Crippen LogP contribution in [0.1, 0.15) is 18.1 Å². The minimum Gasteiger partial charge on any atom is -0.493 e. The van der Waals surface area contributed by atoms with E-state index in [4.69, 9.17) is 9.47 Å². The molecule has 0 unspecified atom stereocenters. The molecule has 8 heteroatoms. The van der Waals surface area contributed by atoms with Crippen LogP contribution in [0.3, 0.4) is 0 Å². The van der Waals surface area contributed by atoms with Crippen molar-refractivity contribution in [3.63, 3.8) is 0 Å². The molecular weight excluding hydrogens is 446 g/mol. The predicted octanol–water partition coefficient (Wildman–Crippen LogP) is 4.62. The van der Waals surface area contributed by atoms with Crippen molar-refractivity contribution < 1.29 is 23.9 Å². The van der Waals surface area contributed by atoms with Crippen molar-refractivity contribution in [1.29, 1.82) is 0 Å². The van der Waals surface area contributed by atoms with Crippen LogP contribution in [-0.4, -0.2) is 29.1 Å². The van der Waals surface area contributed by atoms with Crippen molar-refractivity contribution >= 4 is 50.9 Å². The van der Waals surface area contributed by atoms with E-state index in [9.17, 15) is 14.4 Å². The van der Waals surface area contributed by atoms with Gasteiger partial charge < -0.3 is 9.47 Å². The quantitative estimate of drug-likeness (QED) is 0.367. The number of benzene rings is 2. The highest BCUT2D eigenvalue weighted by atomic mass is 79.9. The van der Waals surface area contributed by atoms with E-state index in [1.807, 2.05) is 24.3 Å². The van der Waals surface area contributed by atoms with Crippen molar-refractivity contribution in [1.82, 2.24) is 4.90 Å². The van der Waals surface area contributed by atoms with Crippen LogP contribution in [0.25, 0.3) is 6.08 Å². The maximum Gasteiger partial charge on any atom is 0.308 e. The second-order valence-electron chi connectivity index (χ2n) is 5.90. The summed E-state index contributed by atoms with van der Waals surface area (Å²) in [6.45, 7) is 1.51. The lowest BCUT2D eigenvalue weighted by Gasteiger charge is -2.12. The van der Waals surface area contributed by atoms with E-state index in [0.717, 1.165) is 21.8 Å². The van der Waals surface area contributed by atoms with Crippen molar-refractivity contribution in [2.24, 2.45) is 0 Å². The Labute approximate surface area is 174 Å². The summed E-state index contributed by atoms with van der Waals surface area (Å²) in [4.78, 5) is 37.6. The molecule has 0 N–H and O–H groups in total. The average Bonchev–Trinajstić information content (AvgIpc) is 2.91. The largest absolute Gasteiger partial charge is 0.493 e. The number of carbonyl (C=O) groups is 3. The molecule has 1 fully saturated rings. The van der Waals surface area contributed by atoms with Gasteiger partial charge in [-0.05, 0) is 53.2 Å². The number of thioether (sulfide) groups is 1. The Morgan fingerprint density at radius 3 is 2.50 bits per heavy atom. The Hall–Kier alpha value is -2.58. The number of methoxy groups -OCH3 is 1. The van der Waals surface area contributed by atoms with Crippen LogP contribution >= 0.6 is 27.7 Å². The summed E-state index contributed by atoms with van der Waals surface area (Å²) in [5.74, 6) is -0.158. The van der Waals surface area contributed by atoms with E-state index < -0.39 is 5.97 Å². The molecule has 0 saturated carbocycles. The minimum absolute atomic E-state index is 0.212. The van der Waals surface area contributed by atoms with Gasteiger partial charge in [-0.1, -0.05) is 34.1 Å². The van der Waals surface area contributed by atoms with Gasteiger partial charge >= 0.3 is 5.97 Å². The molecule has 0 spiro atoms. The smallest absolute Gasteiger partial charge is 0.308 e. The molecule has 144 valence electrons. The fraction of sp³-hybridized carbons (Fsp3) is 0.150. The van der Waals surface area contributed by atoms with Crippen LogP contribution < -0.4 is 9.47 Å². The fourth-order valence-electron chi connectivity index (χ4n) is 2.57. The molecule has 1 aliphatic rings. The molecule has 1 aliphatic heterocycles. The molecule has 2 aromatic carbocycles. The normalized spacial score (nSPS) is 15.2. The lowest BCUT2D eigenvalue weighted by atomic mass is 10.1. The summed E-state index contributed by atoms with van der Waals surface area (Å²) in [6, 6.07) is 12.3. The van der Waals surface area contributed by atoms with E-state index in [2.05, 4.69) is 15.9 Å². The van der Waals surface area contributed by atoms with Crippen molar-refractivity contribution in [2.75, 3.05) is 7.11 Å². The molecule has 1 heterocycles. The maximum absolute atomic E-state index is 12.7. The topological polar surface area (TPSA) is 72.9 Å². The third kappa shape index (κ3) is 4.63. The van der Waals surface area contributed by atoms with E-state index in [0.29, 0.717) is 16.2 Å². The third-order valence-corrected chi connectivity index (χ3v) is 5.30. The predicted molar refractivity (Wildman–Crippen MR) is 110 cm³/mol. The molecule has 28 heavy (non-hydrogen) atoms. The van der Waals surface area contributed by atoms with Crippen molar-refractivity contribution in [2.45, 2.75) is 13.5 Å². The van der Waals surface area contributed by atoms with Crippen LogP contribution in [0.15, 0.2) is 51.8 Å². The van der Waals surface area contributed by atoms with E-state index in [1.165, 1.54) is 18.9 Å². The summed E-state index contributed by atoms with van der Waals surface area (Å²) in [6.07, 6.45) is 1.62. The minimum atomic E-state index is -0.458. The lowest BCUT2D eigenvalue weighted by Crippen LogP contribution is -2.27. The Balaban J connectivity index is 1.81. The number of esters is 1. The highest BCUT2D eigenvalue weighted by molar-refractivity contribution is 9.10. The Kier molecular flexibility index (Phi) is 6.21. The Bertz CT molecular complexity index is 971. The number of nitrogens with zero attached hydrogens (tertiary/aromatic N) is 1. The maximum atomic E-state index is 12.7. The van der Waals surface area contributed by atoms with Gasteiger partial charge in [0.1, 0.15) is 0 Å². The summed E-state index contributed by atoms with van der Waals surface area (Å²) in [7, 11) is 1.46. The van der Waals surface area contributed by atoms with Crippen LogP contribution in [0.4, 0.5) is 4.79 Å². The first kappa shape index (κ1) is 20.2. The van der Waals surface area contributed by atoms with Gasteiger partial charge in [0.05, 0.1) is 18.6 Å². The van der Waals surface area contributed by atoms with Gasteiger partial charge in [-0.2, -0.15) is 0 Å². The summed E-state index contributed by atoms with van der Waals surface area (Å²) < 4.78 is 11.2. The molecule has 0 aliphatic carbocycles. The molecule has 0 radical (unpaired) electrons. The molecule has 0 aromatic heterocycles. The van der Waals surface area contributed by atoms with Gasteiger partial charge in [0.2, 0.25) is 0 Å². The van der Waals surface area contributed by atoms with Gasteiger partial charge in [0.15, 0.2) is 11.5 Å². The van der Waals surface area contributed by atoms with Crippen LogP contribution in [-0.2, 0) is 16.1 Å². The standard InChI is InChI=1S/C20H16BrNO5S/c1-12(23)27-16-8-5-14(9-17(16)26-2)10-18-19(24)22(20(25)28-18)11-13-3-6-15(21)7-4-13/h3-10H,11H2,1-2H3/b18-10-. The second kappa shape index (κ2) is 8.62. The molecule has 2 amide bonds. The number of imide groups is 1. The second-order valence-corrected chi connectivity index (χ2v) is 7.81. The highest BCUT2D eigenvalue weighted by Crippen LogP contribution is 2.35. The number of ether oxygens (including phenoxy) is 2. The first-order valence-electron chi connectivity index (χ1n) is 8.23. The summed E-state index contributed by atoms with van der Waals surface area (Å²) in [5.41, 5.74) is 1.51. The average molecular weight is 462 g/mol. The van der Waals surface area contributed by atoms with Crippen LogP contribution in [0.2, 0.25) is 0 Å². The van der Waals surface area contributed by atoms with E-state index in [-0.39, 0.29) is 23.4 Å². The zero-order chi connectivity index (χ0) is 20.3. The Morgan fingerprint density at radius 2 is 1.86 bits per heavy atom. The number of rotatable bonds is 5. The van der Waals surface area contributed by atoms with E-state index in [1.54, 1.807) is 24.3 Å². The fourth-order valence-corrected chi connectivity index (χ4v) is 3.68. The molecular formula is C20H16BrNO5S. The van der Waals surface area contributed by atoms with Gasteiger partial charge in [-0.25, -0.2) is 0 Å². The van der Waals surface area contributed by atoms with E-state index >= 15 is 0 Å². The summed E-state index contributed by atoms with van der Waals surface area (Å²) >= 11 is 4.25. The number of hydrogen-bond acceptors (Lipinski definition) is 6. The molecule has 2 aromatic rings. The molecule has 0 bridgehead atoms. The number of halogens is 1. The number of carbonyl (C=O) groups excluding carboxylic acids is 3. The zero-order valence-electron chi connectivity index (χ0n) is 15.1. The Morgan fingerprint density at radius 1 is 1.14 bits per heavy atom. The monoisotopic (exact) mass is 461 g/mol. The highest BCUT2D eigenvalue weighted by Gasteiger charge is 2.35. The van der Waals surface area contributed by atoms with Crippen molar-refractivity contribution in [3.8, 4) is 11.5 Å².